The molecule has 0 spiro atoms. The number of aromatic nitrogens is 2. The number of alkyl halides is 3. The minimum atomic E-state index is -4.45. The fourth-order valence-electron chi connectivity index (χ4n) is 3.66. The summed E-state index contributed by atoms with van der Waals surface area (Å²) in [7, 11) is 0. The van der Waals surface area contributed by atoms with Crippen molar-refractivity contribution >= 4 is 33.4 Å². The molecule has 6 nitrogen and oxygen atoms in total. The van der Waals surface area contributed by atoms with Gasteiger partial charge in [-0.1, -0.05) is 6.07 Å². The van der Waals surface area contributed by atoms with E-state index in [0.717, 1.165) is 17.5 Å². The van der Waals surface area contributed by atoms with Gasteiger partial charge in [0, 0.05) is 24.4 Å². The molecular weight excluding hydrogens is 417 g/mol. The van der Waals surface area contributed by atoms with Gasteiger partial charge in [0.2, 0.25) is 5.91 Å². The van der Waals surface area contributed by atoms with Crippen molar-refractivity contribution in [2.24, 2.45) is 11.7 Å². The number of benzene rings is 1. The van der Waals surface area contributed by atoms with Crippen molar-refractivity contribution in [2.45, 2.75) is 25.9 Å². The van der Waals surface area contributed by atoms with Crippen LogP contribution in [0.5, 0.6) is 0 Å². The molecule has 0 saturated carbocycles. The number of nitrogens with two attached hydrogens (primary N) is 1. The first-order valence-corrected chi connectivity index (χ1v) is 10.2. The van der Waals surface area contributed by atoms with Crippen LogP contribution in [0.4, 0.5) is 13.2 Å². The Hall–Kier alpha value is -2.88. The third-order valence-corrected chi connectivity index (χ3v) is 6.46. The summed E-state index contributed by atoms with van der Waals surface area (Å²) in [5.41, 5.74) is 5.50. The molecule has 2 amide bonds. The van der Waals surface area contributed by atoms with E-state index in [2.05, 4.69) is 5.10 Å². The van der Waals surface area contributed by atoms with Gasteiger partial charge < -0.3 is 10.6 Å². The molecular formula is C20H19F3N4O2S. The number of fused-ring (bicyclic) bond motifs is 1. The van der Waals surface area contributed by atoms with Crippen molar-refractivity contribution < 1.29 is 22.8 Å². The number of likely N-dealkylation sites (tertiary alicyclic amines) is 1. The van der Waals surface area contributed by atoms with Crippen LogP contribution in [0.15, 0.2) is 30.3 Å². The maximum atomic E-state index is 13.1. The lowest BCUT2D eigenvalue weighted by molar-refractivity contribution is -0.137. The Kier molecular flexibility index (Phi) is 5.05. The predicted octanol–water partition coefficient (Wildman–Crippen LogP) is 3.75. The van der Waals surface area contributed by atoms with E-state index in [1.54, 1.807) is 24.0 Å². The number of thiophene rings is 1. The van der Waals surface area contributed by atoms with Gasteiger partial charge in [0.05, 0.1) is 21.8 Å². The highest BCUT2D eigenvalue weighted by Crippen LogP contribution is 2.34. The fraction of sp³-hybridized carbons (Fsp3) is 0.350. The zero-order valence-corrected chi connectivity index (χ0v) is 16.9. The van der Waals surface area contributed by atoms with Gasteiger partial charge >= 0.3 is 6.18 Å². The van der Waals surface area contributed by atoms with Gasteiger partial charge in [0.25, 0.3) is 5.91 Å². The Labute approximate surface area is 174 Å². The molecule has 1 saturated heterocycles. The van der Waals surface area contributed by atoms with E-state index in [1.165, 1.54) is 22.1 Å². The Bertz CT molecular complexity index is 1130. The second kappa shape index (κ2) is 7.42. The molecule has 1 aromatic carbocycles. The highest BCUT2D eigenvalue weighted by Gasteiger charge is 2.31. The topological polar surface area (TPSA) is 81.2 Å². The molecule has 0 aliphatic carbocycles. The molecule has 158 valence electrons. The largest absolute Gasteiger partial charge is 0.416 e. The van der Waals surface area contributed by atoms with Crippen molar-refractivity contribution in [3.8, 4) is 5.69 Å². The average molecular weight is 436 g/mol. The summed E-state index contributed by atoms with van der Waals surface area (Å²) in [5.74, 6) is -0.719. The number of rotatable bonds is 3. The van der Waals surface area contributed by atoms with Crippen LogP contribution < -0.4 is 5.73 Å². The molecule has 0 bridgehead atoms. The summed E-state index contributed by atoms with van der Waals surface area (Å²) in [6.07, 6.45) is -3.39. The van der Waals surface area contributed by atoms with Crippen LogP contribution in [0.1, 0.15) is 33.8 Å². The Morgan fingerprint density at radius 1 is 1.20 bits per heavy atom. The monoisotopic (exact) mass is 436 g/mol. The summed E-state index contributed by atoms with van der Waals surface area (Å²) in [4.78, 5) is 27.0. The van der Waals surface area contributed by atoms with E-state index < -0.39 is 11.7 Å². The maximum Gasteiger partial charge on any atom is 0.416 e. The predicted molar refractivity (Wildman–Crippen MR) is 107 cm³/mol. The minimum Gasteiger partial charge on any atom is -0.369 e. The smallest absolute Gasteiger partial charge is 0.369 e. The van der Waals surface area contributed by atoms with Gasteiger partial charge in [0.1, 0.15) is 4.83 Å². The number of amides is 2. The summed E-state index contributed by atoms with van der Waals surface area (Å²) >= 11 is 1.20. The van der Waals surface area contributed by atoms with E-state index in [0.29, 0.717) is 41.3 Å². The van der Waals surface area contributed by atoms with Crippen LogP contribution >= 0.6 is 11.3 Å². The van der Waals surface area contributed by atoms with E-state index in [4.69, 9.17) is 5.73 Å². The first kappa shape index (κ1) is 20.4. The van der Waals surface area contributed by atoms with Gasteiger partial charge in [-0.2, -0.15) is 18.3 Å². The summed E-state index contributed by atoms with van der Waals surface area (Å²) in [6, 6.07) is 6.67. The van der Waals surface area contributed by atoms with Crippen LogP contribution in [0.2, 0.25) is 0 Å². The molecule has 2 N–H and O–H groups in total. The zero-order chi connectivity index (χ0) is 21.6. The van der Waals surface area contributed by atoms with Gasteiger partial charge in [-0.25, -0.2) is 4.68 Å². The van der Waals surface area contributed by atoms with Crippen LogP contribution in [0.25, 0.3) is 15.9 Å². The normalized spacial score (nSPS) is 15.7. The minimum absolute atomic E-state index is 0.158. The van der Waals surface area contributed by atoms with Crippen molar-refractivity contribution in [3.05, 3.63) is 46.5 Å². The van der Waals surface area contributed by atoms with Gasteiger partial charge in [-0.3, -0.25) is 9.59 Å². The van der Waals surface area contributed by atoms with Crippen LogP contribution in [-0.2, 0) is 11.0 Å². The number of hydrogen-bond donors (Lipinski definition) is 1. The molecule has 4 rings (SSSR count). The summed E-state index contributed by atoms with van der Waals surface area (Å²) < 4.78 is 40.7. The van der Waals surface area contributed by atoms with E-state index in [-0.39, 0.29) is 23.4 Å². The van der Waals surface area contributed by atoms with Crippen molar-refractivity contribution in [2.75, 3.05) is 13.1 Å². The molecule has 0 radical (unpaired) electrons. The first-order valence-electron chi connectivity index (χ1n) is 9.40. The number of halogens is 3. The maximum absolute atomic E-state index is 13.1. The van der Waals surface area contributed by atoms with Crippen molar-refractivity contribution in [1.82, 2.24) is 14.7 Å². The zero-order valence-electron chi connectivity index (χ0n) is 16.1. The number of carbonyl (C=O) groups is 2. The number of carbonyl (C=O) groups excluding carboxylic acids is 2. The Balaban J connectivity index is 1.65. The number of primary amides is 1. The molecule has 0 atom stereocenters. The van der Waals surface area contributed by atoms with Gasteiger partial charge in [0.15, 0.2) is 0 Å². The lowest BCUT2D eigenvalue weighted by Crippen LogP contribution is -2.41. The van der Waals surface area contributed by atoms with E-state index >= 15 is 0 Å². The van der Waals surface area contributed by atoms with E-state index in [9.17, 15) is 22.8 Å². The third kappa shape index (κ3) is 3.67. The van der Waals surface area contributed by atoms with Crippen LogP contribution in [0.3, 0.4) is 0 Å². The van der Waals surface area contributed by atoms with Crippen LogP contribution in [0, 0.1) is 12.8 Å². The molecule has 2 aromatic heterocycles. The average Bonchev–Trinajstić information content (AvgIpc) is 3.27. The number of hydrogen-bond acceptors (Lipinski definition) is 4. The summed E-state index contributed by atoms with van der Waals surface area (Å²) in [5, 5.41) is 5.10. The van der Waals surface area contributed by atoms with Gasteiger partial charge in [-0.15, -0.1) is 11.3 Å². The van der Waals surface area contributed by atoms with Crippen LogP contribution in [-0.4, -0.2) is 39.6 Å². The molecule has 10 heteroatoms. The third-order valence-electron chi connectivity index (χ3n) is 5.36. The standard InChI is InChI=1S/C20H19F3N4O2S/c1-11-15-10-16(18(29)26-7-5-12(6-8-26)17(24)28)30-19(15)27(25-11)14-4-2-3-13(9-14)20(21,22)23/h2-4,9-10,12H,5-8H2,1H3,(H2,24,28). The molecule has 1 aliphatic rings. The summed E-state index contributed by atoms with van der Waals surface area (Å²) in [6.45, 7) is 2.64. The van der Waals surface area contributed by atoms with Gasteiger partial charge in [-0.05, 0) is 44.0 Å². The number of aryl methyl sites for hydroxylation is 1. The first-order chi connectivity index (χ1) is 14.1. The van der Waals surface area contributed by atoms with Crippen molar-refractivity contribution in [1.29, 1.82) is 0 Å². The molecule has 1 aliphatic heterocycles. The highest BCUT2D eigenvalue weighted by atomic mass is 32.1. The molecule has 1 fully saturated rings. The highest BCUT2D eigenvalue weighted by molar-refractivity contribution is 7.20. The second-order valence-electron chi connectivity index (χ2n) is 7.34. The Morgan fingerprint density at radius 2 is 1.90 bits per heavy atom. The molecule has 3 aromatic rings. The molecule has 0 unspecified atom stereocenters. The Morgan fingerprint density at radius 3 is 2.53 bits per heavy atom. The second-order valence-corrected chi connectivity index (χ2v) is 8.37. The number of nitrogens with zero attached hydrogens (tertiary/aromatic N) is 3. The fourth-order valence-corrected chi connectivity index (χ4v) is 4.82. The molecule has 30 heavy (non-hydrogen) atoms. The molecule has 3 heterocycles. The lowest BCUT2D eigenvalue weighted by atomic mass is 9.96. The van der Waals surface area contributed by atoms with E-state index in [1.807, 2.05) is 0 Å². The lowest BCUT2D eigenvalue weighted by Gasteiger charge is -2.30. The quantitative estimate of drug-likeness (QED) is 0.679. The number of piperidine rings is 1. The van der Waals surface area contributed by atoms with Crippen molar-refractivity contribution in [3.63, 3.8) is 0 Å². The SMILES string of the molecule is Cc1nn(-c2cccc(C(F)(F)F)c2)c2sc(C(=O)N3CCC(C(N)=O)CC3)cc12.